The van der Waals surface area contributed by atoms with E-state index in [2.05, 4.69) is 6.92 Å². The van der Waals surface area contributed by atoms with Gasteiger partial charge in [-0.1, -0.05) is 34.6 Å². The van der Waals surface area contributed by atoms with Gasteiger partial charge in [0.15, 0.2) is 0 Å². The molecule has 98 valence electrons. The second-order valence-electron chi connectivity index (χ2n) is 3.85. The first-order chi connectivity index (χ1) is 7.84. The number of ether oxygens (including phenoxy) is 1. The summed E-state index contributed by atoms with van der Waals surface area (Å²) in [7, 11) is 0.401. The van der Waals surface area contributed by atoms with Gasteiger partial charge in [0, 0.05) is 11.5 Å². The molecule has 0 aromatic heterocycles. The van der Waals surface area contributed by atoms with Crippen LogP contribution >= 0.6 is 0 Å². The molecule has 0 aliphatic carbocycles. The highest BCUT2D eigenvalue weighted by Gasteiger charge is 2.19. The molecule has 0 spiro atoms. The minimum Gasteiger partial charge on any atom is -0.377 e. The molecular weight excluding hydrogens is 218 g/mol. The summed E-state index contributed by atoms with van der Waals surface area (Å²) >= 11 is 0. The van der Waals surface area contributed by atoms with Crippen LogP contribution in [0.1, 0.15) is 47.5 Å². The van der Waals surface area contributed by atoms with E-state index in [1.807, 2.05) is 27.7 Å². The molecule has 2 nitrogen and oxygen atoms in total. The molecule has 0 amide bonds. The van der Waals surface area contributed by atoms with E-state index in [4.69, 9.17) is 9.10 Å². The number of nitrogens with zero attached hydrogens (tertiary/aromatic N) is 1. The summed E-state index contributed by atoms with van der Waals surface area (Å²) in [5.41, 5.74) is 0. The average Bonchev–Trinajstić information content (AvgIpc) is 2.31. The summed E-state index contributed by atoms with van der Waals surface area (Å²) in [4.78, 5) is 0. The van der Waals surface area contributed by atoms with E-state index in [0.29, 0.717) is 16.7 Å². The second kappa shape index (κ2) is 10.3. The van der Waals surface area contributed by atoms with E-state index in [1.165, 1.54) is 24.3 Å². The molecular formula is C13H29NOS. The second-order valence-corrected chi connectivity index (χ2v) is 5.80. The normalized spacial score (nSPS) is 28.8. The molecule has 2 saturated heterocycles. The highest BCUT2D eigenvalue weighted by atomic mass is 32.2. The molecule has 0 N–H and O–H groups in total. The minimum atomic E-state index is 0.401. The Morgan fingerprint density at radius 3 is 1.88 bits per heavy atom. The predicted molar refractivity (Wildman–Crippen MR) is 75.2 cm³/mol. The summed E-state index contributed by atoms with van der Waals surface area (Å²) in [6.07, 6.45) is 2.78. The van der Waals surface area contributed by atoms with Crippen LogP contribution in [0, 0.1) is 5.92 Å². The van der Waals surface area contributed by atoms with Crippen LogP contribution in [0.3, 0.4) is 0 Å². The molecule has 2 heterocycles. The van der Waals surface area contributed by atoms with Crippen LogP contribution in [0.2, 0.25) is 0 Å². The fraction of sp³-hybridized carbons (Fsp3) is 1.00. The molecule has 0 unspecified atom stereocenters. The van der Waals surface area contributed by atoms with Crippen molar-refractivity contribution in [2.45, 2.75) is 53.5 Å². The SMILES string of the molecule is CC.CC.CC1CCS(=NC2COC2)CC1. The van der Waals surface area contributed by atoms with Crippen LogP contribution in [0.15, 0.2) is 4.36 Å². The van der Waals surface area contributed by atoms with E-state index < -0.39 is 0 Å². The maximum absolute atomic E-state index is 5.11. The van der Waals surface area contributed by atoms with Crippen molar-refractivity contribution in [3.63, 3.8) is 0 Å². The lowest BCUT2D eigenvalue weighted by atomic mass is 10.1. The molecule has 0 radical (unpaired) electrons. The minimum absolute atomic E-state index is 0.401. The number of hydrogen-bond acceptors (Lipinski definition) is 2. The highest BCUT2D eigenvalue weighted by Crippen LogP contribution is 2.18. The molecule has 0 bridgehead atoms. The van der Waals surface area contributed by atoms with Gasteiger partial charge in [-0.2, -0.15) is 0 Å². The third kappa shape index (κ3) is 6.00. The summed E-state index contributed by atoms with van der Waals surface area (Å²) in [5.74, 6) is 3.64. The molecule has 2 aliphatic rings. The first-order valence-electron chi connectivity index (χ1n) is 6.81. The lowest BCUT2D eigenvalue weighted by molar-refractivity contribution is 0.0142. The zero-order valence-corrected chi connectivity index (χ0v) is 12.5. The lowest BCUT2D eigenvalue weighted by Gasteiger charge is -2.26. The fourth-order valence-electron chi connectivity index (χ4n) is 1.52. The van der Waals surface area contributed by atoms with E-state index in [1.54, 1.807) is 0 Å². The molecule has 0 atom stereocenters. The molecule has 16 heavy (non-hydrogen) atoms. The van der Waals surface area contributed by atoms with Crippen LogP contribution in [0.5, 0.6) is 0 Å². The molecule has 0 aromatic rings. The topological polar surface area (TPSA) is 21.6 Å². The predicted octanol–water partition coefficient (Wildman–Crippen LogP) is 3.67. The summed E-state index contributed by atoms with van der Waals surface area (Å²) in [6, 6.07) is 0.557. The number of hydrogen-bond donors (Lipinski definition) is 0. The van der Waals surface area contributed by atoms with Crippen molar-refractivity contribution in [3.05, 3.63) is 0 Å². The fourth-order valence-corrected chi connectivity index (χ4v) is 3.83. The Morgan fingerprint density at radius 1 is 1.00 bits per heavy atom. The summed E-state index contributed by atoms with van der Waals surface area (Å²) in [6.45, 7) is 12.1. The molecule has 0 saturated carbocycles. The Balaban J connectivity index is 0.000000509. The molecule has 3 heteroatoms. The Labute approximate surface area is 104 Å². The highest BCUT2D eigenvalue weighted by molar-refractivity contribution is 7.87. The first-order valence-corrected chi connectivity index (χ1v) is 8.33. The van der Waals surface area contributed by atoms with Crippen molar-refractivity contribution in [1.82, 2.24) is 0 Å². The van der Waals surface area contributed by atoms with E-state index >= 15 is 0 Å². The van der Waals surface area contributed by atoms with E-state index in [0.717, 1.165) is 19.1 Å². The van der Waals surface area contributed by atoms with Gasteiger partial charge in [0.25, 0.3) is 0 Å². The average molecular weight is 247 g/mol. The van der Waals surface area contributed by atoms with E-state index in [9.17, 15) is 0 Å². The Bertz CT molecular complexity index is 180. The van der Waals surface area contributed by atoms with Crippen molar-refractivity contribution < 1.29 is 4.74 Å². The Kier molecular flexibility index (Phi) is 10.3. The zero-order valence-electron chi connectivity index (χ0n) is 11.7. The van der Waals surface area contributed by atoms with Gasteiger partial charge in [-0.05, 0) is 18.8 Å². The van der Waals surface area contributed by atoms with Crippen LogP contribution in [0.25, 0.3) is 0 Å². The van der Waals surface area contributed by atoms with Gasteiger partial charge in [-0.25, -0.2) is 0 Å². The van der Waals surface area contributed by atoms with Gasteiger partial charge < -0.3 is 4.74 Å². The van der Waals surface area contributed by atoms with Crippen LogP contribution in [-0.4, -0.2) is 30.8 Å². The van der Waals surface area contributed by atoms with Crippen molar-refractivity contribution in [1.29, 1.82) is 0 Å². The third-order valence-corrected chi connectivity index (χ3v) is 4.62. The van der Waals surface area contributed by atoms with Gasteiger partial charge in [0.1, 0.15) is 6.04 Å². The Morgan fingerprint density at radius 2 is 1.50 bits per heavy atom. The molecule has 2 aliphatic heterocycles. The van der Waals surface area contributed by atoms with Gasteiger partial charge in [-0.3, -0.25) is 4.36 Å². The number of rotatable bonds is 1. The first kappa shape index (κ1) is 16.1. The summed E-state index contributed by atoms with van der Waals surface area (Å²) in [5, 5.41) is 0. The maximum Gasteiger partial charge on any atom is 0.103 e. The molecule has 2 fully saturated rings. The Hall–Kier alpha value is 0.110. The van der Waals surface area contributed by atoms with Crippen LogP contribution in [0.4, 0.5) is 0 Å². The third-order valence-electron chi connectivity index (χ3n) is 2.61. The monoisotopic (exact) mass is 247 g/mol. The van der Waals surface area contributed by atoms with Crippen molar-refractivity contribution >= 4 is 10.7 Å². The van der Waals surface area contributed by atoms with E-state index in [-0.39, 0.29) is 0 Å². The lowest BCUT2D eigenvalue weighted by Crippen LogP contribution is -2.33. The quantitative estimate of drug-likeness (QED) is 0.693. The van der Waals surface area contributed by atoms with Crippen molar-refractivity contribution in [2.75, 3.05) is 24.7 Å². The zero-order chi connectivity index (χ0) is 12.4. The smallest absolute Gasteiger partial charge is 0.103 e. The van der Waals surface area contributed by atoms with Gasteiger partial charge >= 0.3 is 0 Å². The van der Waals surface area contributed by atoms with Gasteiger partial charge in [0.05, 0.1) is 13.2 Å². The standard InChI is InChI=1S/C9H17NOS.2C2H6/c1-8-2-4-12(5-3-8)10-9-6-11-7-9;2*1-2/h8-9H,2-7H2,1H3;2*1-2H3. The van der Waals surface area contributed by atoms with Crippen molar-refractivity contribution in [2.24, 2.45) is 10.3 Å². The van der Waals surface area contributed by atoms with Gasteiger partial charge in [0.2, 0.25) is 0 Å². The van der Waals surface area contributed by atoms with Crippen LogP contribution in [-0.2, 0) is 15.4 Å². The largest absolute Gasteiger partial charge is 0.377 e. The van der Waals surface area contributed by atoms with Crippen LogP contribution < -0.4 is 0 Å². The molecule has 0 aromatic carbocycles. The van der Waals surface area contributed by atoms with Crippen molar-refractivity contribution in [3.8, 4) is 0 Å². The summed E-state index contributed by atoms with van der Waals surface area (Å²) < 4.78 is 9.89. The maximum atomic E-state index is 5.11. The molecule has 2 rings (SSSR count). The van der Waals surface area contributed by atoms with Gasteiger partial charge in [-0.15, -0.1) is 10.7 Å².